The van der Waals surface area contributed by atoms with Gasteiger partial charge in [-0.05, 0) is 18.2 Å². The molecule has 0 saturated carbocycles. The second-order valence-corrected chi connectivity index (χ2v) is 4.41. The van der Waals surface area contributed by atoms with Crippen LogP contribution in [0.25, 0.3) is 5.65 Å². The van der Waals surface area contributed by atoms with Crippen molar-refractivity contribution < 1.29 is 0 Å². The van der Waals surface area contributed by atoms with Crippen molar-refractivity contribution in [2.75, 3.05) is 11.9 Å². The monoisotopic (exact) mass is 266 g/mol. The molecule has 2 aromatic heterocycles. The third-order valence-electron chi connectivity index (χ3n) is 3.14. The van der Waals surface area contributed by atoms with Gasteiger partial charge in [-0.3, -0.25) is 5.41 Å². The van der Waals surface area contributed by atoms with E-state index < -0.39 is 0 Å². The minimum absolute atomic E-state index is 0.0397. The molecule has 0 unspecified atom stereocenters. The lowest BCUT2D eigenvalue weighted by molar-refractivity contribution is 0.933. The average Bonchev–Trinajstić information content (AvgIpc) is 2.93. The smallest absolute Gasteiger partial charge is 0.157 e. The highest BCUT2D eigenvalue weighted by molar-refractivity contribution is 6.01. The Kier molecular flexibility index (Phi) is 2.83. The van der Waals surface area contributed by atoms with Gasteiger partial charge in [0.05, 0.1) is 11.9 Å². The van der Waals surface area contributed by atoms with Crippen LogP contribution in [0.3, 0.4) is 0 Å². The Morgan fingerprint density at radius 2 is 2.05 bits per heavy atom. The summed E-state index contributed by atoms with van der Waals surface area (Å²) < 4.78 is 1.70. The lowest BCUT2D eigenvalue weighted by Crippen LogP contribution is -2.19. The quantitative estimate of drug-likeness (QED) is 0.559. The molecule has 0 fully saturated rings. The number of fused-ring (bicyclic) bond motifs is 1. The van der Waals surface area contributed by atoms with E-state index in [-0.39, 0.29) is 5.84 Å². The van der Waals surface area contributed by atoms with Crippen molar-refractivity contribution in [3.05, 3.63) is 54.4 Å². The van der Waals surface area contributed by atoms with Crippen LogP contribution in [0.15, 0.2) is 48.8 Å². The van der Waals surface area contributed by atoms with E-state index in [1.54, 1.807) is 10.7 Å². The van der Waals surface area contributed by atoms with Crippen LogP contribution < -0.4 is 10.6 Å². The van der Waals surface area contributed by atoms with Crippen molar-refractivity contribution in [3.8, 4) is 0 Å². The maximum absolute atomic E-state index is 7.65. The Balaban J connectivity index is 2.07. The molecule has 0 bridgehead atoms. The van der Waals surface area contributed by atoms with Gasteiger partial charge in [0.15, 0.2) is 5.65 Å². The SMILES string of the molecule is CN(c1ccn2nccc2n1)c1ccccc1C(=N)N. The molecule has 6 heteroatoms. The molecule has 0 aliphatic heterocycles. The number of benzene rings is 1. The molecule has 3 aromatic rings. The second kappa shape index (κ2) is 4.65. The number of anilines is 2. The zero-order chi connectivity index (χ0) is 14.1. The van der Waals surface area contributed by atoms with E-state index in [0.29, 0.717) is 5.56 Å². The minimum atomic E-state index is 0.0397. The van der Waals surface area contributed by atoms with Crippen LogP contribution in [-0.2, 0) is 0 Å². The van der Waals surface area contributed by atoms with Gasteiger partial charge in [0.1, 0.15) is 11.7 Å². The highest BCUT2D eigenvalue weighted by Crippen LogP contribution is 2.25. The Hall–Kier alpha value is -2.89. The zero-order valence-electron chi connectivity index (χ0n) is 11.0. The number of rotatable bonds is 3. The molecule has 3 rings (SSSR count). The number of nitrogens with zero attached hydrogens (tertiary/aromatic N) is 4. The van der Waals surface area contributed by atoms with E-state index in [9.17, 15) is 0 Å². The summed E-state index contributed by atoms with van der Waals surface area (Å²) in [5.74, 6) is 0.810. The summed E-state index contributed by atoms with van der Waals surface area (Å²) in [4.78, 5) is 6.43. The first kappa shape index (κ1) is 12.2. The summed E-state index contributed by atoms with van der Waals surface area (Å²) in [6, 6.07) is 11.2. The molecule has 0 radical (unpaired) electrons. The minimum Gasteiger partial charge on any atom is -0.384 e. The Morgan fingerprint density at radius 1 is 1.25 bits per heavy atom. The standard InChI is InChI=1S/C14H14N6/c1-19(11-5-3-2-4-10(11)14(15)16)12-7-9-20-13(18-12)6-8-17-20/h2-9H,1H3,(H3,15,16). The molecule has 0 aliphatic rings. The fourth-order valence-electron chi connectivity index (χ4n) is 2.11. The lowest BCUT2D eigenvalue weighted by Gasteiger charge is -2.21. The second-order valence-electron chi connectivity index (χ2n) is 4.41. The van der Waals surface area contributed by atoms with Crippen molar-refractivity contribution in [3.63, 3.8) is 0 Å². The summed E-state index contributed by atoms with van der Waals surface area (Å²) in [5.41, 5.74) is 7.93. The van der Waals surface area contributed by atoms with E-state index in [1.165, 1.54) is 0 Å². The number of hydrogen-bond acceptors (Lipinski definition) is 4. The first-order valence-electron chi connectivity index (χ1n) is 6.14. The maximum Gasteiger partial charge on any atom is 0.157 e. The van der Waals surface area contributed by atoms with Crippen LogP contribution >= 0.6 is 0 Å². The Morgan fingerprint density at radius 3 is 2.85 bits per heavy atom. The molecule has 2 heterocycles. The highest BCUT2D eigenvalue weighted by Gasteiger charge is 2.12. The third kappa shape index (κ3) is 1.97. The predicted octanol–water partition coefficient (Wildman–Crippen LogP) is 1.78. The first-order valence-corrected chi connectivity index (χ1v) is 6.14. The van der Waals surface area contributed by atoms with Crippen LogP contribution in [0.5, 0.6) is 0 Å². The first-order chi connectivity index (χ1) is 9.66. The number of nitrogens with one attached hydrogen (secondary N) is 1. The number of nitrogen functional groups attached to an aromatic ring is 1. The molecular weight excluding hydrogens is 252 g/mol. The summed E-state index contributed by atoms with van der Waals surface area (Å²) in [5, 5.41) is 11.8. The van der Waals surface area contributed by atoms with Gasteiger partial charge in [0, 0.05) is 24.9 Å². The van der Waals surface area contributed by atoms with Crippen molar-refractivity contribution in [1.29, 1.82) is 5.41 Å². The topological polar surface area (TPSA) is 83.3 Å². The van der Waals surface area contributed by atoms with Gasteiger partial charge in [-0.15, -0.1) is 0 Å². The zero-order valence-corrected chi connectivity index (χ0v) is 11.0. The fraction of sp³-hybridized carbons (Fsp3) is 0.0714. The number of amidine groups is 1. The average molecular weight is 266 g/mol. The molecule has 100 valence electrons. The van der Waals surface area contributed by atoms with Gasteiger partial charge < -0.3 is 10.6 Å². The summed E-state index contributed by atoms with van der Waals surface area (Å²) >= 11 is 0. The fourth-order valence-corrected chi connectivity index (χ4v) is 2.11. The molecule has 6 nitrogen and oxygen atoms in total. The normalized spacial score (nSPS) is 10.7. The lowest BCUT2D eigenvalue weighted by atomic mass is 10.1. The van der Waals surface area contributed by atoms with Crippen molar-refractivity contribution in [1.82, 2.24) is 14.6 Å². The van der Waals surface area contributed by atoms with E-state index in [2.05, 4.69) is 10.1 Å². The van der Waals surface area contributed by atoms with Crippen LogP contribution in [0, 0.1) is 5.41 Å². The number of nitrogens with two attached hydrogens (primary N) is 1. The molecule has 0 aliphatic carbocycles. The van der Waals surface area contributed by atoms with E-state index in [1.807, 2.05) is 54.5 Å². The van der Waals surface area contributed by atoms with Gasteiger partial charge in [-0.25, -0.2) is 9.50 Å². The molecule has 0 saturated heterocycles. The van der Waals surface area contributed by atoms with Gasteiger partial charge in [0.2, 0.25) is 0 Å². The highest BCUT2D eigenvalue weighted by atomic mass is 15.3. The molecule has 1 aromatic carbocycles. The Bertz CT molecular complexity index is 776. The third-order valence-corrected chi connectivity index (χ3v) is 3.14. The van der Waals surface area contributed by atoms with Crippen LogP contribution in [0.4, 0.5) is 11.5 Å². The van der Waals surface area contributed by atoms with Crippen LogP contribution in [0.1, 0.15) is 5.56 Å². The number of aromatic nitrogens is 3. The van der Waals surface area contributed by atoms with E-state index in [4.69, 9.17) is 11.1 Å². The molecule has 3 N–H and O–H groups in total. The van der Waals surface area contributed by atoms with Crippen LogP contribution in [0.2, 0.25) is 0 Å². The van der Waals surface area contributed by atoms with Crippen molar-refractivity contribution in [2.45, 2.75) is 0 Å². The van der Waals surface area contributed by atoms with E-state index in [0.717, 1.165) is 17.2 Å². The molecule has 0 atom stereocenters. The van der Waals surface area contributed by atoms with Crippen LogP contribution in [-0.4, -0.2) is 27.5 Å². The van der Waals surface area contributed by atoms with Gasteiger partial charge in [0.25, 0.3) is 0 Å². The molecule has 0 amide bonds. The summed E-state index contributed by atoms with van der Waals surface area (Å²) in [6.45, 7) is 0. The number of hydrogen-bond donors (Lipinski definition) is 2. The van der Waals surface area contributed by atoms with Gasteiger partial charge in [-0.1, -0.05) is 12.1 Å². The van der Waals surface area contributed by atoms with Gasteiger partial charge in [-0.2, -0.15) is 5.10 Å². The Labute approximate surface area is 116 Å². The van der Waals surface area contributed by atoms with E-state index >= 15 is 0 Å². The number of para-hydroxylation sites is 1. The molecule has 0 spiro atoms. The largest absolute Gasteiger partial charge is 0.384 e. The maximum atomic E-state index is 7.65. The predicted molar refractivity (Wildman–Crippen MR) is 78.5 cm³/mol. The summed E-state index contributed by atoms with van der Waals surface area (Å²) in [7, 11) is 1.90. The molecule has 20 heavy (non-hydrogen) atoms. The summed E-state index contributed by atoms with van der Waals surface area (Å²) in [6.07, 6.45) is 3.56. The molecular formula is C14H14N6. The van der Waals surface area contributed by atoms with Crippen molar-refractivity contribution in [2.24, 2.45) is 5.73 Å². The van der Waals surface area contributed by atoms with Gasteiger partial charge >= 0.3 is 0 Å². The van der Waals surface area contributed by atoms with Crippen molar-refractivity contribution >= 4 is 23.0 Å².